The average Bonchev–Trinajstić information content (AvgIpc) is 2.69. The van der Waals surface area contributed by atoms with E-state index in [0.717, 1.165) is 11.5 Å². The lowest BCUT2D eigenvalue weighted by Crippen LogP contribution is -1.97. The summed E-state index contributed by atoms with van der Waals surface area (Å²) in [6, 6.07) is 6.68. The number of imidazole rings is 1. The van der Waals surface area contributed by atoms with Crippen molar-refractivity contribution in [3.63, 3.8) is 0 Å². The molecule has 0 spiro atoms. The summed E-state index contributed by atoms with van der Waals surface area (Å²) in [5.74, 6) is 0.531. The standard InChI is InChI=1S/C11H12FN3/c12-10-4-2-1-3-8(10)5-11-14-7-9(6-13)15-11/h1-4,7H,5-6,13H2,(H,14,15). The van der Waals surface area contributed by atoms with Gasteiger partial charge in [-0.1, -0.05) is 18.2 Å². The molecule has 78 valence electrons. The van der Waals surface area contributed by atoms with Crippen LogP contribution in [0.3, 0.4) is 0 Å². The van der Waals surface area contributed by atoms with Crippen molar-refractivity contribution >= 4 is 0 Å². The second-order valence-corrected chi connectivity index (χ2v) is 3.33. The molecule has 2 aromatic rings. The Morgan fingerprint density at radius 3 is 2.80 bits per heavy atom. The zero-order chi connectivity index (χ0) is 10.7. The molecule has 1 aromatic carbocycles. The molecule has 1 heterocycles. The Kier molecular flexibility index (Phi) is 2.78. The van der Waals surface area contributed by atoms with Crippen LogP contribution in [0.15, 0.2) is 30.5 Å². The van der Waals surface area contributed by atoms with Gasteiger partial charge in [0.15, 0.2) is 0 Å². The predicted octanol–water partition coefficient (Wildman–Crippen LogP) is 1.60. The Hall–Kier alpha value is -1.68. The van der Waals surface area contributed by atoms with Crippen LogP contribution >= 0.6 is 0 Å². The number of rotatable bonds is 3. The lowest BCUT2D eigenvalue weighted by Gasteiger charge is -1.99. The molecule has 0 radical (unpaired) electrons. The first kappa shape index (κ1) is 9.86. The normalized spacial score (nSPS) is 10.5. The average molecular weight is 205 g/mol. The van der Waals surface area contributed by atoms with Crippen molar-refractivity contribution in [2.45, 2.75) is 13.0 Å². The van der Waals surface area contributed by atoms with E-state index < -0.39 is 0 Å². The molecule has 0 aliphatic rings. The van der Waals surface area contributed by atoms with Gasteiger partial charge in [-0.05, 0) is 11.6 Å². The highest BCUT2D eigenvalue weighted by atomic mass is 19.1. The predicted molar refractivity (Wildman–Crippen MR) is 55.7 cm³/mol. The summed E-state index contributed by atoms with van der Waals surface area (Å²) in [5.41, 5.74) is 6.94. The molecular formula is C11H12FN3. The third kappa shape index (κ3) is 2.22. The van der Waals surface area contributed by atoms with Gasteiger partial charge in [0, 0.05) is 24.9 Å². The van der Waals surface area contributed by atoms with Crippen molar-refractivity contribution in [1.29, 1.82) is 0 Å². The largest absolute Gasteiger partial charge is 0.345 e. The minimum absolute atomic E-state index is 0.205. The Bertz CT molecular complexity index is 451. The van der Waals surface area contributed by atoms with Gasteiger partial charge in [-0.25, -0.2) is 9.37 Å². The van der Waals surface area contributed by atoms with Gasteiger partial charge < -0.3 is 10.7 Å². The van der Waals surface area contributed by atoms with Gasteiger partial charge in [0.1, 0.15) is 11.6 Å². The van der Waals surface area contributed by atoms with Gasteiger partial charge in [-0.15, -0.1) is 0 Å². The maximum absolute atomic E-state index is 13.3. The molecule has 0 saturated carbocycles. The Morgan fingerprint density at radius 1 is 1.33 bits per heavy atom. The van der Waals surface area contributed by atoms with Crippen molar-refractivity contribution in [2.24, 2.45) is 5.73 Å². The van der Waals surface area contributed by atoms with Crippen LogP contribution in [0.1, 0.15) is 17.1 Å². The van der Waals surface area contributed by atoms with Crippen molar-refractivity contribution in [3.05, 3.63) is 53.4 Å². The summed E-state index contributed by atoms with van der Waals surface area (Å²) in [5, 5.41) is 0. The summed E-state index contributed by atoms with van der Waals surface area (Å²) in [7, 11) is 0. The fourth-order valence-corrected chi connectivity index (χ4v) is 1.42. The first-order valence-corrected chi connectivity index (χ1v) is 4.76. The molecular weight excluding hydrogens is 193 g/mol. The first-order chi connectivity index (χ1) is 7.29. The quantitative estimate of drug-likeness (QED) is 0.799. The monoisotopic (exact) mass is 205 g/mol. The molecule has 15 heavy (non-hydrogen) atoms. The number of nitrogens with zero attached hydrogens (tertiary/aromatic N) is 1. The molecule has 2 rings (SSSR count). The van der Waals surface area contributed by atoms with E-state index in [1.54, 1.807) is 18.3 Å². The minimum Gasteiger partial charge on any atom is -0.345 e. The first-order valence-electron chi connectivity index (χ1n) is 4.76. The van der Waals surface area contributed by atoms with Gasteiger partial charge >= 0.3 is 0 Å². The molecule has 3 N–H and O–H groups in total. The van der Waals surface area contributed by atoms with E-state index in [1.165, 1.54) is 6.07 Å². The molecule has 0 amide bonds. The van der Waals surface area contributed by atoms with E-state index in [1.807, 2.05) is 6.07 Å². The maximum Gasteiger partial charge on any atom is 0.126 e. The molecule has 0 fully saturated rings. The second kappa shape index (κ2) is 4.23. The summed E-state index contributed by atoms with van der Waals surface area (Å²) in [6.45, 7) is 0.421. The molecule has 0 unspecified atom stereocenters. The SMILES string of the molecule is NCc1cnc(Cc2ccccc2F)[nH]1. The van der Waals surface area contributed by atoms with Gasteiger partial charge in [0.05, 0.1) is 0 Å². The number of nitrogens with one attached hydrogen (secondary N) is 1. The number of H-pyrrole nitrogens is 1. The van der Waals surface area contributed by atoms with E-state index in [0.29, 0.717) is 18.5 Å². The second-order valence-electron chi connectivity index (χ2n) is 3.33. The number of aromatic amines is 1. The van der Waals surface area contributed by atoms with E-state index in [4.69, 9.17) is 5.73 Å². The van der Waals surface area contributed by atoms with Crippen LogP contribution in [0.2, 0.25) is 0 Å². The number of hydrogen-bond acceptors (Lipinski definition) is 2. The summed E-state index contributed by atoms with van der Waals surface area (Å²) in [6.07, 6.45) is 2.14. The van der Waals surface area contributed by atoms with Crippen LogP contribution in [0.4, 0.5) is 4.39 Å². The van der Waals surface area contributed by atoms with Crippen LogP contribution in [-0.4, -0.2) is 9.97 Å². The Balaban J connectivity index is 2.18. The third-order valence-corrected chi connectivity index (χ3v) is 2.22. The molecule has 4 heteroatoms. The smallest absolute Gasteiger partial charge is 0.126 e. The maximum atomic E-state index is 13.3. The molecule has 0 saturated heterocycles. The van der Waals surface area contributed by atoms with Crippen molar-refractivity contribution in [3.8, 4) is 0 Å². The molecule has 1 aromatic heterocycles. The summed E-state index contributed by atoms with van der Waals surface area (Å²) in [4.78, 5) is 7.16. The van der Waals surface area contributed by atoms with E-state index >= 15 is 0 Å². The Morgan fingerprint density at radius 2 is 2.13 bits per heavy atom. The lowest BCUT2D eigenvalue weighted by atomic mass is 10.1. The van der Waals surface area contributed by atoms with Crippen LogP contribution in [-0.2, 0) is 13.0 Å². The van der Waals surface area contributed by atoms with Gasteiger partial charge in [0.25, 0.3) is 0 Å². The molecule has 0 bridgehead atoms. The topological polar surface area (TPSA) is 54.7 Å². The van der Waals surface area contributed by atoms with Crippen molar-refractivity contribution in [1.82, 2.24) is 9.97 Å². The van der Waals surface area contributed by atoms with E-state index in [-0.39, 0.29) is 5.82 Å². The summed E-state index contributed by atoms with van der Waals surface area (Å²) >= 11 is 0. The number of aromatic nitrogens is 2. The van der Waals surface area contributed by atoms with Gasteiger partial charge in [-0.3, -0.25) is 0 Å². The fraction of sp³-hybridized carbons (Fsp3) is 0.182. The zero-order valence-electron chi connectivity index (χ0n) is 8.20. The molecule has 0 aliphatic heterocycles. The minimum atomic E-state index is -0.205. The van der Waals surface area contributed by atoms with Crippen LogP contribution in [0.5, 0.6) is 0 Å². The highest BCUT2D eigenvalue weighted by Crippen LogP contribution is 2.10. The van der Waals surface area contributed by atoms with E-state index in [2.05, 4.69) is 9.97 Å². The highest BCUT2D eigenvalue weighted by molar-refractivity contribution is 5.21. The van der Waals surface area contributed by atoms with E-state index in [9.17, 15) is 4.39 Å². The van der Waals surface area contributed by atoms with Crippen molar-refractivity contribution in [2.75, 3.05) is 0 Å². The number of hydrogen-bond donors (Lipinski definition) is 2. The Labute approximate surface area is 87.2 Å². The van der Waals surface area contributed by atoms with Crippen LogP contribution < -0.4 is 5.73 Å². The van der Waals surface area contributed by atoms with Crippen LogP contribution in [0.25, 0.3) is 0 Å². The third-order valence-electron chi connectivity index (χ3n) is 2.22. The fourth-order valence-electron chi connectivity index (χ4n) is 1.42. The number of benzene rings is 1. The summed E-state index contributed by atoms with van der Waals surface area (Å²) < 4.78 is 13.3. The van der Waals surface area contributed by atoms with Crippen molar-refractivity contribution < 1.29 is 4.39 Å². The zero-order valence-corrected chi connectivity index (χ0v) is 8.20. The highest BCUT2D eigenvalue weighted by Gasteiger charge is 2.04. The van der Waals surface area contributed by atoms with Gasteiger partial charge in [-0.2, -0.15) is 0 Å². The number of halogens is 1. The molecule has 0 aliphatic carbocycles. The van der Waals surface area contributed by atoms with Crippen LogP contribution in [0, 0.1) is 5.82 Å². The molecule has 0 atom stereocenters. The lowest BCUT2D eigenvalue weighted by molar-refractivity contribution is 0.612. The number of nitrogens with two attached hydrogens (primary N) is 1. The molecule has 3 nitrogen and oxygen atoms in total. The van der Waals surface area contributed by atoms with Gasteiger partial charge in [0.2, 0.25) is 0 Å².